The fraction of sp³-hybridized carbons (Fsp3) is 0.385. The van der Waals surface area contributed by atoms with Crippen molar-refractivity contribution in [2.45, 2.75) is 18.3 Å². The van der Waals surface area contributed by atoms with E-state index >= 15 is 0 Å². The minimum Gasteiger partial charge on any atom is -0.497 e. The maximum atomic E-state index is 13.5. The van der Waals surface area contributed by atoms with Crippen LogP contribution < -0.4 is 19.1 Å². The van der Waals surface area contributed by atoms with E-state index in [0.717, 1.165) is 42.9 Å². The molecule has 1 aliphatic carbocycles. The lowest BCUT2D eigenvalue weighted by Crippen LogP contribution is -2.51. The van der Waals surface area contributed by atoms with E-state index < -0.39 is 5.41 Å². The molecule has 1 saturated heterocycles. The molecule has 178 valence electrons. The van der Waals surface area contributed by atoms with E-state index in [-0.39, 0.29) is 5.91 Å². The van der Waals surface area contributed by atoms with Crippen molar-refractivity contribution in [3.63, 3.8) is 0 Å². The van der Waals surface area contributed by atoms with Gasteiger partial charge in [0.2, 0.25) is 5.91 Å². The maximum absolute atomic E-state index is 13.5. The van der Waals surface area contributed by atoms with Gasteiger partial charge in [-0.2, -0.15) is 0 Å². The van der Waals surface area contributed by atoms with Crippen molar-refractivity contribution in [2.75, 3.05) is 52.4 Å². The average molecular weight is 464 g/mol. The van der Waals surface area contributed by atoms with E-state index in [1.807, 2.05) is 41.3 Å². The maximum Gasteiger partial charge on any atom is 0.235 e. The van der Waals surface area contributed by atoms with Gasteiger partial charge in [-0.05, 0) is 55.3 Å². The van der Waals surface area contributed by atoms with Crippen molar-refractivity contribution in [2.24, 2.45) is 0 Å². The average Bonchev–Trinajstić information content (AvgIpc) is 3.56. The Balaban J connectivity index is 1.27. The summed E-state index contributed by atoms with van der Waals surface area (Å²) < 4.78 is 21.6. The Morgan fingerprint density at radius 3 is 2.21 bits per heavy atom. The van der Waals surface area contributed by atoms with Gasteiger partial charge >= 0.3 is 0 Å². The standard InChI is InChI=1S/C26H29N3O5/c1-31-20-7-5-19(6-8-20)28-12-14-29(15-13-28)25(30)26(10-11-26)24-17-22(34-27-24)18-4-9-21(32-2)23(16-18)33-3/h4-9,16-17H,10-15H2,1-3H3. The second kappa shape index (κ2) is 8.93. The number of hydrogen-bond acceptors (Lipinski definition) is 7. The highest BCUT2D eigenvalue weighted by Crippen LogP contribution is 2.50. The lowest BCUT2D eigenvalue weighted by atomic mass is 9.99. The van der Waals surface area contributed by atoms with Crippen LogP contribution in [0.1, 0.15) is 18.5 Å². The summed E-state index contributed by atoms with van der Waals surface area (Å²) in [4.78, 5) is 17.8. The quantitative estimate of drug-likeness (QED) is 0.528. The molecule has 2 heterocycles. The summed E-state index contributed by atoms with van der Waals surface area (Å²) in [6.07, 6.45) is 1.59. The van der Waals surface area contributed by atoms with Crippen LogP contribution >= 0.6 is 0 Å². The third-order valence-corrected chi connectivity index (χ3v) is 6.83. The van der Waals surface area contributed by atoms with E-state index in [9.17, 15) is 4.79 Å². The lowest BCUT2D eigenvalue weighted by Gasteiger charge is -2.37. The number of aromatic nitrogens is 1. The zero-order chi connectivity index (χ0) is 23.7. The number of carbonyl (C=O) groups is 1. The minimum absolute atomic E-state index is 0.147. The van der Waals surface area contributed by atoms with Crippen LogP contribution in [0.25, 0.3) is 11.3 Å². The number of benzene rings is 2. The number of piperazine rings is 1. The Morgan fingerprint density at radius 1 is 0.882 bits per heavy atom. The molecule has 0 spiro atoms. The number of anilines is 1. The third-order valence-electron chi connectivity index (χ3n) is 6.83. The molecule has 2 fully saturated rings. The highest BCUT2D eigenvalue weighted by molar-refractivity contribution is 5.91. The summed E-state index contributed by atoms with van der Waals surface area (Å²) in [7, 11) is 4.86. The van der Waals surface area contributed by atoms with Crippen LogP contribution in [-0.4, -0.2) is 63.5 Å². The van der Waals surface area contributed by atoms with Gasteiger partial charge in [-0.25, -0.2) is 0 Å². The second-order valence-electron chi connectivity index (χ2n) is 8.71. The van der Waals surface area contributed by atoms with Gasteiger partial charge in [-0.3, -0.25) is 4.79 Å². The summed E-state index contributed by atoms with van der Waals surface area (Å²) in [6.45, 7) is 2.97. The van der Waals surface area contributed by atoms with E-state index in [4.69, 9.17) is 18.7 Å². The molecule has 0 bridgehead atoms. The largest absolute Gasteiger partial charge is 0.497 e. The molecule has 2 aliphatic rings. The fourth-order valence-electron chi connectivity index (χ4n) is 4.59. The molecule has 8 heteroatoms. The molecule has 8 nitrogen and oxygen atoms in total. The Hall–Kier alpha value is -3.68. The van der Waals surface area contributed by atoms with Crippen LogP contribution in [-0.2, 0) is 10.2 Å². The minimum atomic E-state index is -0.569. The van der Waals surface area contributed by atoms with Crippen molar-refractivity contribution in [1.29, 1.82) is 0 Å². The number of ether oxygens (including phenoxy) is 3. The molecule has 1 amide bonds. The van der Waals surface area contributed by atoms with Crippen LogP contribution in [0.3, 0.4) is 0 Å². The van der Waals surface area contributed by atoms with E-state index in [2.05, 4.69) is 22.2 Å². The monoisotopic (exact) mass is 463 g/mol. The van der Waals surface area contributed by atoms with Gasteiger partial charge in [0.1, 0.15) is 5.75 Å². The van der Waals surface area contributed by atoms with Gasteiger partial charge in [-0.1, -0.05) is 5.16 Å². The molecule has 34 heavy (non-hydrogen) atoms. The summed E-state index contributed by atoms with van der Waals surface area (Å²) in [5.41, 5.74) is 2.11. The molecule has 1 aliphatic heterocycles. The van der Waals surface area contributed by atoms with Crippen molar-refractivity contribution < 1.29 is 23.5 Å². The molecule has 1 saturated carbocycles. The summed E-state index contributed by atoms with van der Waals surface area (Å²) in [6, 6.07) is 15.5. The van der Waals surface area contributed by atoms with Gasteiger partial charge in [0.05, 0.1) is 32.4 Å². The molecule has 5 rings (SSSR count). The molecular formula is C26H29N3O5. The number of hydrogen-bond donors (Lipinski definition) is 0. The molecule has 1 aromatic heterocycles. The first-order valence-electron chi connectivity index (χ1n) is 11.5. The normalized spacial score (nSPS) is 16.8. The molecule has 0 atom stereocenters. The number of rotatable bonds is 7. The van der Waals surface area contributed by atoms with Crippen LogP contribution in [0.5, 0.6) is 17.2 Å². The van der Waals surface area contributed by atoms with Crippen molar-refractivity contribution in [3.05, 3.63) is 54.2 Å². The van der Waals surface area contributed by atoms with Crippen LogP contribution in [0.2, 0.25) is 0 Å². The number of amides is 1. The van der Waals surface area contributed by atoms with E-state index in [1.54, 1.807) is 21.3 Å². The SMILES string of the molecule is COc1ccc(N2CCN(C(=O)C3(c4cc(-c5ccc(OC)c(OC)c5)on4)CC3)CC2)cc1. The number of methoxy groups -OCH3 is 3. The smallest absolute Gasteiger partial charge is 0.235 e. The highest BCUT2D eigenvalue weighted by Gasteiger charge is 2.55. The summed E-state index contributed by atoms with van der Waals surface area (Å²) >= 11 is 0. The van der Waals surface area contributed by atoms with Crippen molar-refractivity contribution in [1.82, 2.24) is 10.1 Å². The van der Waals surface area contributed by atoms with Crippen molar-refractivity contribution >= 4 is 11.6 Å². The molecular weight excluding hydrogens is 434 g/mol. The summed E-state index contributed by atoms with van der Waals surface area (Å²) in [5.74, 6) is 2.86. The molecule has 0 N–H and O–H groups in total. The van der Waals surface area contributed by atoms with E-state index in [1.165, 1.54) is 0 Å². The molecule has 0 unspecified atom stereocenters. The Labute approximate surface area is 199 Å². The predicted molar refractivity (Wildman–Crippen MR) is 128 cm³/mol. The molecule has 3 aromatic rings. The summed E-state index contributed by atoms with van der Waals surface area (Å²) in [5, 5.41) is 4.30. The predicted octanol–water partition coefficient (Wildman–Crippen LogP) is 3.75. The van der Waals surface area contributed by atoms with Crippen molar-refractivity contribution in [3.8, 4) is 28.6 Å². The van der Waals surface area contributed by atoms with Crippen LogP contribution in [0, 0.1) is 0 Å². The van der Waals surface area contributed by atoms with Crippen LogP contribution in [0.15, 0.2) is 53.1 Å². The fourth-order valence-corrected chi connectivity index (χ4v) is 4.59. The Morgan fingerprint density at radius 2 is 1.59 bits per heavy atom. The third kappa shape index (κ3) is 3.93. The van der Waals surface area contributed by atoms with E-state index in [0.29, 0.717) is 36.0 Å². The highest BCUT2D eigenvalue weighted by atomic mass is 16.5. The van der Waals surface area contributed by atoms with Gasteiger partial charge in [-0.15, -0.1) is 0 Å². The van der Waals surface area contributed by atoms with Gasteiger partial charge in [0, 0.05) is 43.5 Å². The zero-order valence-corrected chi connectivity index (χ0v) is 19.7. The first-order valence-corrected chi connectivity index (χ1v) is 11.5. The Kier molecular flexibility index (Phi) is 5.81. The number of carbonyl (C=O) groups excluding carboxylic acids is 1. The van der Waals surface area contributed by atoms with Gasteiger partial charge in [0.15, 0.2) is 17.3 Å². The Bertz CT molecular complexity index is 1160. The zero-order valence-electron chi connectivity index (χ0n) is 19.7. The number of nitrogens with zero attached hydrogens (tertiary/aromatic N) is 3. The topological polar surface area (TPSA) is 77.3 Å². The molecule has 2 aromatic carbocycles. The van der Waals surface area contributed by atoms with Gasteiger partial charge < -0.3 is 28.5 Å². The van der Waals surface area contributed by atoms with Crippen LogP contribution in [0.4, 0.5) is 5.69 Å². The first kappa shape index (κ1) is 22.1. The second-order valence-corrected chi connectivity index (χ2v) is 8.71. The molecule has 0 radical (unpaired) electrons. The lowest BCUT2D eigenvalue weighted by molar-refractivity contribution is -0.134. The first-order chi connectivity index (χ1) is 16.6. The van der Waals surface area contributed by atoms with Gasteiger partial charge in [0.25, 0.3) is 0 Å².